The monoisotopic (exact) mass is 279 g/mol. The lowest BCUT2D eigenvalue weighted by Gasteiger charge is -2.25. The second kappa shape index (κ2) is 6.03. The number of hydrogen-bond acceptors (Lipinski definition) is 2. The molecule has 5 heteroatoms. The van der Waals surface area contributed by atoms with Gasteiger partial charge in [-0.25, -0.2) is 9.18 Å². The van der Waals surface area contributed by atoms with Crippen LogP contribution in [0, 0.1) is 17.7 Å². The van der Waals surface area contributed by atoms with Gasteiger partial charge in [0.05, 0.1) is 11.3 Å². The number of carboxylic acids is 1. The molecular weight excluding hydrogens is 261 g/mol. The number of amides is 1. The Hall–Kier alpha value is -1.91. The Labute approximate surface area is 117 Å². The summed E-state index contributed by atoms with van der Waals surface area (Å²) in [5.74, 6) is -1.81. The van der Waals surface area contributed by atoms with Crippen molar-refractivity contribution in [2.24, 2.45) is 11.8 Å². The maximum Gasteiger partial charge on any atom is 0.337 e. The molecule has 0 aromatic heterocycles. The highest BCUT2D eigenvalue weighted by molar-refractivity contribution is 6.01. The number of rotatable bonds is 3. The normalized spacial score (nSPS) is 22.3. The number of anilines is 1. The molecule has 108 valence electrons. The predicted molar refractivity (Wildman–Crippen MR) is 73.1 cm³/mol. The van der Waals surface area contributed by atoms with Crippen LogP contribution >= 0.6 is 0 Å². The van der Waals surface area contributed by atoms with Crippen molar-refractivity contribution in [2.45, 2.75) is 32.6 Å². The molecule has 0 saturated heterocycles. The molecule has 0 aliphatic heterocycles. The van der Waals surface area contributed by atoms with Gasteiger partial charge in [0.25, 0.3) is 0 Å². The van der Waals surface area contributed by atoms with Crippen molar-refractivity contribution in [3.8, 4) is 0 Å². The molecule has 20 heavy (non-hydrogen) atoms. The van der Waals surface area contributed by atoms with Crippen LogP contribution in [0.5, 0.6) is 0 Å². The van der Waals surface area contributed by atoms with Crippen molar-refractivity contribution in [1.29, 1.82) is 0 Å². The van der Waals surface area contributed by atoms with Crippen LogP contribution in [0.2, 0.25) is 0 Å². The van der Waals surface area contributed by atoms with E-state index < -0.39 is 11.8 Å². The van der Waals surface area contributed by atoms with E-state index >= 15 is 0 Å². The highest BCUT2D eigenvalue weighted by atomic mass is 19.1. The molecule has 0 bridgehead atoms. The summed E-state index contributed by atoms with van der Waals surface area (Å²) in [6.07, 6.45) is 3.48. The van der Waals surface area contributed by atoms with Crippen LogP contribution in [-0.2, 0) is 4.79 Å². The van der Waals surface area contributed by atoms with Crippen molar-refractivity contribution in [1.82, 2.24) is 0 Å². The SMILES string of the molecule is CC1CCC(C(=O)Nc2c(F)cccc2C(=O)O)CC1. The number of para-hydroxylation sites is 1. The third kappa shape index (κ3) is 3.15. The Morgan fingerprint density at radius 2 is 1.90 bits per heavy atom. The third-order valence-corrected chi connectivity index (χ3v) is 3.88. The van der Waals surface area contributed by atoms with Gasteiger partial charge in [0.1, 0.15) is 5.82 Å². The van der Waals surface area contributed by atoms with Crippen LogP contribution in [0.25, 0.3) is 0 Å². The van der Waals surface area contributed by atoms with E-state index in [9.17, 15) is 14.0 Å². The van der Waals surface area contributed by atoms with Gasteiger partial charge >= 0.3 is 5.97 Å². The van der Waals surface area contributed by atoms with E-state index in [4.69, 9.17) is 5.11 Å². The van der Waals surface area contributed by atoms with Gasteiger partial charge in [0.15, 0.2) is 0 Å². The van der Waals surface area contributed by atoms with E-state index in [2.05, 4.69) is 12.2 Å². The van der Waals surface area contributed by atoms with Crippen LogP contribution in [0.15, 0.2) is 18.2 Å². The fourth-order valence-electron chi connectivity index (χ4n) is 2.58. The molecule has 1 amide bonds. The number of hydrogen-bond donors (Lipinski definition) is 2. The summed E-state index contributed by atoms with van der Waals surface area (Å²) < 4.78 is 13.7. The Morgan fingerprint density at radius 1 is 1.25 bits per heavy atom. The number of nitrogens with one attached hydrogen (secondary N) is 1. The quantitative estimate of drug-likeness (QED) is 0.892. The highest BCUT2D eigenvalue weighted by Crippen LogP contribution is 2.30. The second-order valence-electron chi connectivity index (χ2n) is 5.41. The summed E-state index contributed by atoms with van der Waals surface area (Å²) in [5, 5.41) is 11.5. The molecule has 0 atom stereocenters. The average Bonchev–Trinajstić information content (AvgIpc) is 2.41. The summed E-state index contributed by atoms with van der Waals surface area (Å²) in [6, 6.07) is 3.74. The molecule has 1 fully saturated rings. The number of benzene rings is 1. The lowest BCUT2D eigenvalue weighted by molar-refractivity contribution is -0.121. The molecule has 4 nitrogen and oxygen atoms in total. The predicted octanol–water partition coefficient (Wildman–Crippen LogP) is 3.29. The first-order valence-electron chi connectivity index (χ1n) is 6.81. The van der Waals surface area contributed by atoms with Gasteiger partial charge in [0.2, 0.25) is 5.91 Å². The number of carbonyl (C=O) groups is 2. The van der Waals surface area contributed by atoms with Gasteiger partial charge in [-0.15, -0.1) is 0 Å². The number of carboxylic acid groups (broad SMARTS) is 1. The van der Waals surface area contributed by atoms with Crippen molar-refractivity contribution < 1.29 is 19.1 Å². The Balaban J connectivity index is 2.13. The van der Waals surface area contributed by atoms with Crippen LogP contribution in [0.3, 0.4) is 0 Å². The lowest BCUT2D eigenvalue weighted by atomic mass is 9.82. The van der Waals surface area contributed by atoms with Gasteiger partial charge < -0.3 is 10.4 Å². The van der Waals surface area contributed by atoms with Gasteiger partial charge in [-0.2, -0.15) is 0 Å². The van der Waals surface area contributed by atoms with E-state index in [1.54, 1.807) is 0 Å². The smallest absolute Gasteiger partial charge is 0.337 e. The minimum absolute atomic E-state index is 0.160. The molecule has 0 heterocycles. The largest absolute Gasteiger partial charge is 0.478 e. The molecule has 1 aliphatic rings. The Bertz CT molecular complexity index is 522. The molecule has 1 saturated carbocycles. The van der Waals surface area contributed by atoms with Gasteiger partial charge in [-0.3, -0.25) is 4.79 Å². The summed E-state index contributed by atoms with van der Waals surface area (Å²) in [7, 11) is 0. The molecular formula is C15H18FNO3. The minimum atomic E-state index is -1.25. The lowest BCUT2D eigenvalue weighted by Crippen LogP contribution is -2.27. The van der Waals surface area contributed by atoms with E-state index in [1.165, 1.54) is 12.1 Å². The zero-order valence-corrected chi connectivity index (χ0v) is 11.4. The summed E-state index contributed by atoms with van der Waals surface area (Å²) >= 11 is 0. The van der Waals surface area contributed by atoms with Crippen molar-refractivity contribution in [3.05, 3.63) is 29.6 Å². The first-order valence-corrected chi connectivity index (χ1v) is 6.81. The molecule has 0 radical (unpaired) electrons. The minimum Gasteiger partial charge on any atom is -0.478 e. The van der Waals surface area contributed by atoms with Crippen LogP contribution in [0.1, 0.15) is 43.0 Å². The maximum atomic E-state index is 13.7. The summed E-state index contributed by atoms with van der Waals surface area (Å²) in [5.41, 5.74) is -0.453. The van der Waals surface area contributed by atoms with E-state index in [0.717, 1.165) is 31.7 Å². The average molecular weight is 279 g/mol. The molecule has 1 aromatic rings. The van der Waals surface area contributed by atoms with Crippen LogP contribution in [-0.4, -0.2) is 17.0 Å². The third-order valence-electron chi connectivity index (χ3n) is 3.88. The number of halogens is 1. The standard InChI is InChI=1S/C15H18FNO3/c1-9-5-7-10(8-6-9)14(18)17-13-11(15(19)20)3-2-4-12(13)16/h2-4,9-10H,5-8H2,1H3,(H,17,18)(H,19,20). The van der Waals surface area contributed by atoms with Gasteiger partial charge in [0, 0.05) is 5.92 Å². The van der Waals surface area contributed by atoms with E-state index in [0.29, 0.717) is 5.92 Å². The molecule has 0 unspecified atom stereocenters. The summed E-state index contributed by atoms with van der Waals surface area (Å²) in [6.45, 7) is 2.15. The number of aromatic carboxylic acids is 1. The zero-order valence-electron chi connectivity index (χ0n) is 11.4. The molecule has 1 aliphatic carbocycles. The fourth-order valence-corrected chi connectivity index (χ4v) is 2.58. The van der Waals surface area contributed by atoms with Crippen molar-refractivity contribution >= 4 is 17.6 Å². The maximum absolute atomic E-state index is 13.7. The van der Waals surface area contributed by atoms with Crippen LogP contribution in [0.4, 0.5) is 10.1 Å². The van der Waals surface area contributed by atoms with Gasteiger partial charge in [-0.1, -0.05) is 13.0 Å². The van der Waals surface area contributed by atoms with E-state index in [1.807, 2.05) is 0 Å². The van der Waals surface area contributed by atoms with Gasteiger partial charge in [-0.05, 0) is 43.7 Å². The molecule has 0 spiro atoms. The number of carbonyl (C=O) groups excluding carboxylic acids is 1. The van der Waals surface area contributed by atoms with E-state index in [-0.39, 0.29) is 23.1 Å². The second-order valence-corrected chi connectivity index (χ2v) is 5.41. The molecule has 1 aromatic carbocycles. The van der Waals surface area contributed by atoms with Crippen LogP contribution < -0.4 is 5.32 Å². The summed E-state index contributed by atoms with van der Waals surface area (Å²) in [4.78, 5) is 23.2. The highest BCUT2D eigenvalue weighted by Gasteiger charge is 2.26. The fraction of sp³-hybridized carbons (Fsp3) is 0.467. The molecule has 2 N–H and O–H groups in total. The van der Waals surface area contributed by atoms with Crippen molar-refractivity contribution in [2.75, 3.05) is 5.32 Å². The topological polar surface area (TPSA) is 66.4 Å². The Kier molecular flexibility index (Phi) is 4.37. The first-order chi connectivity index (χ1) is 9.49. The Morgan fingerprint density at radius 3 is 2.50 bits per heavy atom. The van der Waals surface area contributed by atoms with Crippen molar-refractivity contribution in [3.63, 3.8) is 0 Å². The molecule has 2 rings (SSSR count). The first kappa shape index (κ1) is 14.5. The zero-order chi connectivity index (χ0) is 14.7.